The van der Waals surface area contributed by atoms with Gasteiger partial charge in [-0.25, -0.2) is 14.4 Å². The summed E-state index contributed by atoms with van der Waals surface area (Å²) in [5.41, 5.74) is 1.91. The minimum atomic E-state index is -0.275. The van der Waals surface area contributed by atoms with Crippen LogP contribution in [0.3, 0.4) is 0 Å². The highest BCUT2D eigenvalue weighted by Crippen LogP contribution is 2.22. The van der Waals surface area contributed by atoms with E-state index in [9.17, 15) is 9.18 Å². The fraction of sp³-hybridized carbons (Fsp3) is 0.450. The summed E-state index contributed by atoms with van der Waals surface area (Å²) in [6, 6.07) is 8.16. The molecule has 0 aliphatic carbocycles. The molecule has 1 amide bonds. The van der Waals surface area contributed by atoms with Crippen molar-refractivity contribution in [2.24, 2.45) is 5.92 Å². The maximum Gasteiger partial charge on any atom is 0.226 e. The molecule has 2 heterocycles. The molecule has 0 unspecified atom stereocenters. The maximum absolute atomic E-state index is 13.0. The monoisotopic (exact) mass is 356 g/mol. The minimum Gasteiger partial charge on any atom is -0.373 e. The summed E-state index contributed by atoms with van der Waals surface area (Å²) in [7, 11) is 1.86. The lowest BCUT2D eigenvalue weighted by Crippen LogP contribution is -2.39. The Labute approximate surface area is 153 Å². The highest BCUT2D eigenvalue weighted by Gasteiger charge is 2.23. The molecule has 26 heavy (non-hydrogen) atoms. The van der Waals surface area contributed by atoms with Crippen molar-refractivity contribution >= 4 is 11.7 Å². The van der Waals surface area contributed by atoms with Crippen molar-refractivity contribution in [1.29, 1.82) is 0 Å². The fourth-order valence-electron chi connectivity index (χ4n) is 3.43. The van der Waals surface area contributed by atoms with Crippen molar-refractivity contribution in [2.75, 3.05) is 25.5 Å². The maximum atomic E-state index is 13.0. The Morgan fingerprint density at radius 3 is 2.58 bits per heavy atom. The Morgan fingerprint density at radius 1 is 1.23 bits per heavy atom. The first-order valence-corrected chi connectivity index (χ1v) is 9.08. The summed E-state index contributed by atoms with van der Waals surface area (Å²) in [6.45, 7) is 3.45. The van der Waals surface area contributed by atoms with Gasteiger partial charge in [0.15, 0.2) is 0 Å². The predicted molar refractivity (Wildman–Crippen MR) is 99.4 cm³/mol. The van der Waals surface area contributed by atoms with Gasteiger partial charge in [-0.3, -0.25) is 4.79 Å². The van der Waals surface area contributed by atoms with Crippen LogP contribution in [0.15, 0.2) is 30.3 Å². The Hall–Kier alpha value is -2.50. The molecular formula is C20H25FN4O. The number of aryl methyl sites for hydroxylation is 1. The Kier molecular flexibility index (Phi) is 5.81. The SMILES string of the molecule is CNc1cc(CC2CCN(C(=O)Cc3ccc(F)cc3)CC2)nc(C)n1. The van der Waals surface area contributed by atoms with Gasteiger partial charge in [0.25, 0.3) is 0 Å². The molecule has 0 spiro atoms. The zero-order valence-corrected chi connectivity index (χ0v) is 15.3. The van der Waals surface area contributed by atoms with Crippen LogP contribution in [0, 0.1) is 18.7 Å². The summed E-state index contributed by atoms with van der Waals surface area (Å²) in [6.07, 6.45) is 3.21. The largest absolute Gasteiger partial charge is 0.373 e. The number of likely N-dealkylation sites (tertiary alicyclic amines) is 1. The lowest BCUT2D eigenvalue weighted by atomic mass is 9.91. The van der Waals surface area contributed by atoms with Crippen molar-refractivity contribution in [1.82, 2.24) is 14.9 Å². The molecule has 0 atom stereocenters. The van der Waals surface area contributed by atoms with Crippen molar-refractivity contribution in [3.05, 3.63) is 53.2 Å². The number of aromatic nitrogens is 2. The van der Waals surface area contributed by atoms with E-state index in [0.717, 1.165) is 55.3 Å². The third kappa shape index (κ3) is 4.77. The number of nitrogens with one attached hydrogen (secondary N) is 1. The molecule has 1 N–H and O–H groups in total. The van der Waals surface area contributed by atoms with E-state index in [1.165, 1.54) is 12.1 Å². The summed E-state index contributed by atoms with van der Waals surface area (Å²) < 4.78 is 13.0. The van der Waals surface area contributed by atoms with E-state index >= 15 is 0 Å². The van der Waals surface area contributed by atoms with Crippen molar-refractivity contribution in [2.45, 2.75) is 32.6 Å². The first kappa shape index (κ1) is 18.3. The van der Waals surface area contributed by atoms with Gasteiger partial charge in [-0.2, -0.15) is 0 Å². The summed E-state index contributed by atoms with van der Waals surface area (Å²) in [4.78, 5) is 23.2. The number of anilines is 1. The second-order valence-electron chi connectivity index (χ2n) is 6.87. The minimum absolute atomic E-state index is 0.116. The number of rotatable bonds is 5. The number of hydrogen-bond donors (Lipinski definition) is 1. The van der Waals surface area contributed by atoms with Gasteiger partial charge in [0.1, 0.15) is 17.5 Å². The third-order valence-electron chi connectivity index (χ3n) is 4.88. The molecule has 6 heteroatoms. The summed E-state index contributed by atoms with van der Waals surface area (Å²) >= 11 is 0. The molecule has 0 radical (unpaired) electrons. The quantitative estimate of drug-likeness (QED) is 0.895. The van der Waals surface area contributed by atoms with Crippen molar-refractivity contribution in [3.63, 3.8) is 0 Å². The van der Waals surface area contributed by atoms with E-state index < -0.39 is 0 Å². The number of carbonyl (C=O) groups is 1. The first-order valence-electron chi connectivity index (χ1n) is 9.08. The van der Waals surface area contributed by atoms with E-state index in [0.29, 0.717) is 12.3 Å². The topological polar surface area (TPSA) is 58.1 Å². The molecule has 5 nitrogen and oxygen atoms in total. The van der Waals surface area contributed by atoms with Gasteiger partial charge in [-0.15, -0.1) is 0 Å². The Bertz CT molecular complexity index is 755. The molecule has 138 valence electrons. The Morgan fingerprint density at radius 2 is 1.92 bits per heavy atom. The van der Waals surface area contributed by atoms with E-state index in [1.54, 1.807) is 12.1 Å². The van der Waals surface area contributed by atoms with Gasteiger partial charge in [0.2, 0.25) is 5.91 Å². The standard InChI is InChI=1S/C20H25FN4O/c1-14-23-18(13-19(22-2)24-14)11-16-7-9-25(10-8-16)20(26)12-15-3-5-17(21)6-4-15/h3-6,13,16H,7-12H2,1-2H3,(H,22,23,24). The lowest BCUT2D eigenvalue weighted by Gasteiger charge is -2.32. The molecule has 0 bridgehead atoms. The zero-order valence-electron chi connectivity index (χ0n) is 15.3. The van der Waals surface area contributed by atoms with Crippen molar-refractivity contribution in [3.8, 4) is 0 Å². The van der Waals surface area contributed by atoms with Gasteiger partial charge in [-0.1, -0.05) is 12.1 Å². The number of piperidine rings is 1. The third-order valence-corrected chi connectivity index (χ3v) is 4.88. The highest BCUT2D eigenvalue weighted by molar-refractivity contribution is 5.78. The number of carbonyl (C=O) groups excluding carboxylic acids is 1. The van der Waals surface area contributed by atoms with E-state index in [4.69, 9.17) is 0 Å². The van der Waals surface area contributed by atoms with E-state index in [2.05, 4.69) is 15.3 Å². The van der Waals surface area contributed by atoms with Crippen molar-refractivity contribution < 1.29 is 9.18 Å². The van der Waals surface area contributed by atoms with Gasteiger partial charge in [0, 0.05) is 31.9 Å². The van der Waals surface area contributed by atoms with Crippen LogP contribution in [0.1, 0.15) is 29.9 Å². The molecule has 1 saturated heterocycles. The second-order valence-corrected chi connectivity index (χ2v) is 6.87. The summed E-state index contributed by atoms with van der Waals surface area (Å²) in [5, 5.41) is 3.07. The van der Waals surface area contributed by atoms with Crippen LogP contribution >= 0.6 is 0 Å². The molecule has 1 aliphatic rings. The average molecular weight is 356 g/mol. The summed E-state index contributed by atoms with van der Waals surface area (Å²) in [5.74, 6) is 2.00. The number of halogens is 1. The molecule has 1 aromatic heterocycles. The van der Waals surface area contributed by atoms with Crippen LogP contribution < -0.4 is 5.32 Å². The zero-order chi connectivity index (χ0) is 18.5. The average Bonchev–Trinajstić information content (AvgIpc) is 2.63. The van der Waals surface area contributed by atoms with Gasteiger partial charge < -0.3 is 10.2 Å². The van der Waals surface area contributed by atoms with Gasteiger partial charge in [-0.05, 0) is 49.8 Å². The van der Waals surface area contributed by atoms with Crippen LogP contribution in [0.4, 0.5) is 10.2 Å². The second kappa shape index (κ2) is 8.25. The van der Waals surface area contributed by atoms with Gasteiger partial charge >= 0.3 is 0 Å². The molecule has 3 rings (SSSR count). The fourth-order valence-corrected chi connectivity index (χ4v) is 3.43. The number of hydrogen-bond acceptors (Lipinski definition) is 4. The Balaban J connectivity index is 1.51. The molecule has 1 aromatic carbocycles. The number of amides is 1. The molecule has 1 aliphatic heterocycles. The van der Waals surface area contributed by atoms with E-state index in [1.807, 2.05) is 24.9 Å². The molecular weight excluding hydrogens is 331 g/mol. The molecule has 1 fully saturated rings. The first-order chi connectivity index (χ1) is 12.5. The van der Waals surface area contributed by atoms with Gasteiger partial charge in [0.05, 0.1) is 6.42 Å². The van der Waals surface area contributed by atoms with Crippen LogP contribution in [-0.2, 0) is 17.6 Å². The van der Waals surface area contributed by atoms with E-state index in [-0.39, 0.29) is 11.7 Å². The van der Waals surface area contributed by atoms with Crippen LogP contribution in [0.25, 0.3) is 0 Å². The number of benzene rings is 1. The molecule has 2 aromatic rings. The normalized spacial score (nSPS) is 15.1. The molecule has 0 saturated carbocycles. The smallest absolute Gasteiger partial charge is 0.226 e. The highest BCUT2D eigenvalue weighted by atomic mass is 19.1. The van der Waals surface area contributed by atoms with Crippen LogP contribution in [-0.4, -0.2) is 40.9 Å². The van der Waals surface area contributed by atoms with Crippen LogP contribution in [0.5, 0.6) is 0 Å². The predicted octanol–water partition coefficient (Wildman–Crippen LogP) is 2.99. The van der Waals surface area contributed by atoms with Crippen LogP contribution in [0.2, 0.25) is 0 Å². The lowest BCUT2D eigenvalue weighted by molar-refractivity contribution is -0.131. The number of nitrogens with zero attached hydrogens (tertiary/aromatic N) is 3.